The van der Waals surface area contributed by atoms with Crippen molar-refractivity contribution in [3.63, 3.8) is 0 Å². The Morgan fingerprint density at radius 1 is 1.37 bits per heavy atom. The van der Waals surface area contributed by atoms with E-state index in [0.717, 1.165) is 6.42 Å². The molecular formula is C13H20N2O4. The lowest BCUT2D eigenvalue weighted by molar-refractivity contribution is 0.174. The number of carbonyl (C=O) groups excluding carboxylic acids is 1. The molecule has 0 aliphatic rings. The summed E-state index contributed by atoms with van der Waals surface area (Å²) in [6.45, 7) is 2.88. The largest absolute Gasteiger partial charge is 0.508 e. The Bertz CT molecular complexity index is 381. The molecule has 0 bridgehead atoms. The lowest BCUT2D eigenvalue weighted by Crippen LogP contribution is -2.43. The van der Waals surface area contributed by atoms with Crippen molar-refractivity contribution in [2.45, 2.75) is 19.6 Å². The Morgan fingerprint density at radius 2 is 2.05 bits per heavy atom. The van der Waals surface area contributed by atoms with E-state index in [2.05, 4.69) is 10.6 Å². The number of phenolic OH excluding ortho intramolecular Hbond substituents is 1. The molecule has 19 heavy (non-hydrogen) atoms. The molecule has 6 nitrogen and oxygen atoms in total. The minimum Gasteiger partial charge on any atom is -0.508 e. The summed E-state index contributed by atoms with van der Waals surface area (Å²) >= 11 is 0. The highest BCUT2D eigenvalue weighted by Crippen LogP contribution is 2.16. The van der Waals surface area contributed by atoms with Crippen molar-refractivity contribution < 1.29 is 19.4 Å². The Morgan fingerprint density at radius 3 is 2.68 bits per heavy atom. The fraction of sp³-hybridized carbons (Fsp3) is 0.462. The molecule has 1 atom stereocenters. The molecule has 0 spiro atoms. The van der Waals surface area contributed by atoms with E-state index in [1.54, 1.807) is 26.2 Å². The maximum atomic E-state index is 11.5. The average Bonchev–Trinajstić information content (AvgIpc) is 2.37. The minimum absolute atomic E-state index is 0.170. The van der Waals surface area contributed by atoms with Gasteiger partial charge in [-0.1, -0.05) is 0 Å². The number of rotatable bonds is 7. The van der Waals surface area contributed by atoms with Crippen LogP contribution in [0.5, 0.6) is 11.5 Å². The normalized spacial score (nSPS) is 11.7. The monoisotopic (exact) mass is 268 g/mol. The molecule has 0 radical (unpaired) electrons. The van der Waals surface area contributed by atoms with Crippen molar-refractivity contribution in [2.24, 2.45) is 0 Å². The molecule has 0 aliphatic heterocycles. The lowest BCUT2D eigenvalue weighted by atomic mass is 10.3. The van der Waals surface area contributed by atoms with Gasteiger partial charge in [-0.3, -0.25) is 0 Å². The van der Waals surface area contributed by atoms with Crippen LogP contribution >= 0.6 is 0 Å². The Balaban J connectivity index is 2.24. The summed E-state index contributed by atoms with van der Waals surface area (Å²) in [6.07, 6.45) is 0.295. The van der Waals surface area contributed by atoms with Crippen LogP contribution in [0, 0.1) is 0 Å². The molecule has 0 saturated heterocycles. The van der Waals surface area contributed by atoms with Crippen LogP contribution in [0.4, 0.5) is 4.79 Å². The standard InChI is InChI=1S/C13H20N2O4/c1-10(15-13(17)14-8-3-9-18-2)19-12-6-4-11(16)5-7-12/h4-7,10,16H,3,8-9H2,1-2H3,(H2,14,15,17). The van der Waals surface area contributed by atoms with Gasteiger partial charge in [0.05, 0.1) is 0 Å². The van der Waals surface area contributed by atoms with Crippen molar-refractivity contribution in [2.75, 3.05) is 20.3 Å². The van der Waals surface area contributed by atoms with Crippen LogP contribution < -0.4 is 15.4 Å². The molecular weight excluding hydrogens is 248 g/mol. The van der Waals surface area contributed by atoms with Gasteiger partial charge in [0, 0.05) is 20.3 Å². The molecule has 0 heterocycles. The summed E-state index contributed by atoms with van der Waals surface area (Å²) in [6, 6.07) is 6.01. The van der Waals surface area contributed by atoms with Crippen LogP contribution in [-0.2, 0) is 4.74 Å². The van der Waals surface area contributed by atoms with Crippen LogP contribution in [-0.4, -0.2) is 37.6 Å². The average molecular weight is 268 g/mol. The van der Waals surface area contributed by atoms with Crippen molar-refractivity contribution >= 4 is 6.03 Å². The minimum atomic E-state index is -0.466. The van der Waals surface area contributed by atoms with Gasteiger partial charge >= 0.3 is 6.03 Å². The summed E-state index contributed by atoms with van der Waals surface area (Å²) < 4.78 is 10.3. The third-order valence-corrected chi connectivity index (χ3v) is 2.29. The van der Waals surface area contributed by atoms with Gasteiger partial charge in [-0.25, -0.2) is 4.79 Å². The first-order valence-electron chi connectivity index (χ1n) is 6.11. The number of methoxy groups -OCH3 is 1. The van der Waals surface area contributed by atoms with Gasteiger partial charge in [0.25, 0.3) is 0 Å². The number of hydrogen-bond acceptors (Lipinski definition) is 4. The van der Waals surface area contributed by atoms with E-state index < -0.39 is 6.23 Å². The number of phenols is 1. The van der Waals surface area contributed by atoms with Crippen LogP contribution in [0.1, 0.15) is 13.3 Å². The molecule has 106 valence electrons. The predicted molar refractivity (Wildman–Crippen MR) is 71.2 cm³/mol. The third-order valence-electron chi connectivity index (χ3n) is 2.29. The first-order chi connectivity index (χ1) is 9.11. The van der Waals surface area contributed by atoms with Gasteiger partial charge in [0.1, 0.15) is 11.5 Å². The highest BCUT2D eigenvalue weighted by Gasteiger charge is 2.07. The van der Waals surface area contributed by atoms with E-state index in [0.29, 0.717) is 18.9 Å². The molecule has 1 aromatic rings. The molecule has 0 aromatic heterocycles. The van der Waals surface area contributed by atoms with Crippen molar-refractivity contribution in [3.05, 3.63) is 24.3 Å². The Hall–Kier alpha value is -1.95. The predicted octanol–water partition coefficient (Wildman–Crippen LogP) is 1.45. The van der Waals surface area contributed by atoms with Crippen LogP contribution in [0.3, 0.4) is 0 Å². The number of carbonyl (C=O) groups is 1. The summed E-state index contributed by atoms with van der Waals surface area (Å²) in [7, 11) is 1.62. The molecule has 3 N–H and O–H groups in total. The SMILES string of the molecule is COCCCNC(=O)NC(C)Oc1ccc(O)cc1. The van der Waals surface area contributed by atoms with E-state index >= 15 is 0 Å². The number of benzene rings is 1. The van der Waals surface area contributed by atoms with Gasteiger partial charge < -0.3 is 25.2 Å². The zero-order chi connectivity index (χ0) is 14.1. The Labute approximate surface area is 112 Å². The zero-order valence-corrected chi connectivity index (χ0v) is 11.2. The van der Waals surface area contributed by atoms with Crippen molar-refractivity contribution in [3.8, 4) is 11.5 Å². The molecule has 1 aromatic carbocycles. The second-order valence-corrected chi connectivity index (χ2v) is 4.00. The van der Waals surface area contributed by atoms with Crippen molar-refractivity contribution in [1.82, 2.24) is 10.6 Å². The summed E-state index contributed by atoms with van der Waals surface area (Å²) in [5.41, 5.74) is 0. The van der Waals surface area contributed by atoms with Gasteiger partial charge in [0.2, 0.25) is 0 Å². The fourth-order valence-corrected chi connectivity index (χ4v) is 1.41. The summed E-state index contributed by atoms with van der Waals surface area (Å²) in [4.78, 5) is 11.5. The number of nitrogens with one attached hydrogen (secondary N) is 2. The highest BCUT2D eigenvalue weighted by molar-refractivity contribution is 5.73. The van der Waals surface area contributed by atoms with Crippen LogP contribution in [0.25, 0.3) is 0 Å². The van der Waals surface area contributed by atoms with E-state index in [9.17, 15) is 4.79 Å². The number of urea groups is 1. The molecule has 1 rings (SSSR count). The van der Waals surface area contributed by atoms with Crippen LogP contribution in [0.15, 0.2) is 24.3 Å². The lowest BCUT2D eigenvalue weighted by Gasteiger charge is -2.16. The van der Waals surface area contributed by atoms with E-state index in [-0.39, 0.29) is 11.8 Å². The maximum Gasteiger partial charge on any atom is 0.317 e. The highest BCUT2D eigenvalue weighted by atomic mass is 16.5. The molecule has 6 heteroatoms. The maximum absolute atomic E-state index is 11.5. The molecule has 2 amide bonds. The second-order valence-electron chi connectivity index (χ2n) is 4.00. The van der Waals surface area contributed by atoms with E-state index in [1.165, 1.54) is 12.1 Å². The number of hydrogen-bond donors (Lipinski definition) is 3. The van der Waals surface area contributed by atoms with Crippen LogP contribution in [0.2, 0.25) is 0 Å². The first-order valence-corrected chi connectivity index (χ1v) is 6.11. The topological polar surface area (TPSA) is 79.8 Å². The van der Waals surface area contributed by atoms with E-state index in [4.69, 9.17) is 14.6 Å². The summed E-state index contributed by atoms with van der Waals surface area (Å²) in [5, 5.41) is 14.5. The second kappa shape index (κ2) is 8.20. The first kappa shape index (κ1) is 15.1. The van der Waals surface area contributed by atoms with Crippen molar-refractivity contribution in [1.29, 1.82) is 0 Å². The molecule has 1 unspecified atom stereocenters. The molecule has 0 fully saturated rings. The quantitative estimate of drug-likeness (QED) is 0.516. The van der Waals surface area contributed by atoms with E-state index in [1.807, 2.05) is 0 Å². The number of aromatic hydroxyl groups is 1. The smallest absolute Gasteiger partial charge is 0.317 e. The number of ether oxygens (including phenoxy) is 2. The molecule has 0 saturated carbocycles. The third kappa shape index (κ3) is 6.52. The van der Waals surface area contributed by atoms with Gasteiger partial charge in [-0.15, -0.1) is 0 Å². The Kier molecular flexibility index (Phi) is 6.52. The fourth-order valence-electron chi connectivity index (χ4n) is 1.41. The van der Waals surface area contributed by atoms with Gasteiger partial charge in [0.15, 0.2) is 6.23 Å². The summed E-state index contributed by atoms with van der Waals surface area (Å²) in [5.74, 6) is 0.744. The zero-order valence-electron chi connectivity index (χ0n) is 11.2. The van der Waals surface area contributed by atoms with Gasteiger partial charge in [-0.05, 0) is 37.6 Å². The van der Waals surface area contributed by atoms with Gasteiger partial charge in [-0.2, -0.15) is 0 Å². The molecule has 0 aliphatic carbocycles. The number of amides is 2.